The van der Waals surface area contributed by atoms with Crippen LogP contribution in [0.25, 0.3) is 0 Å². The van der Waals surface area contributed by atoms with Gasteiger partial charge in [-0.05, 0) is 38.3 Å². The number of nitrogens with one attached hydrogen (secondary N) is 1. The van der Waals surface area contributed by atoms with E-state index in [0.29, 0.717) is 0 Å². The number of amides is 1. The first kappa shape index (κ1) is 15.2. The summed E-state index contributed by atoms with van der Waals surface area (Å²) in [5.41, 5.74) is 2.25. The third-order valence-electron chi connectivity index (χ3n) is 4.10. The lowest BCUT2D eigenvalue weighted by Gasteiger charge is -2.28. The Hall–Kier alpha value is -2.15. The minimum Gasteiger partial charge on any atom is -0.333 e. The van der Waals surface area contributed by atoms with Crippen LogP contribution in [0.1, 0.15) is 43.5 Å². The second-order valence-electron chi connectivity index (χ2n) is 5.30. The Morgan fingerprint density at radius 1 is 1.52 bits per heavy atom. The Balaban J connectivity index is 2.46. The topological polar surface area (TPSA) is 102 Å². The van der Waals surface area contributed by atoms with Crippen LogP contribution in [0.2, 0.25) is 0 Å². The standard InChI is InChI=1S/C14H20N4O3/c1-3-10-8-7-9(2)17(10)14(19)11-5-4-6-12(16-15)13(11)18(20)21/h4-6,9-10,16H,3,7-8,15H2,1-2H3. The highest BCUT2D eigenvalue weighted by molar-refractivity contribution is 6.00. The van der Waals surface area contributed by atoms with Crippen LogP contribution in [0.5, 0.6) is 0 Å². The average Bonchev–Trinajstić information content (AvgIpc) is 2.86. The third kappa shape index (κ3) is 2.69. The van der Waals surface area contributed by atoms with Crippen LogP contribution < -0.4 is 11.3 Å². The quantitative estimate of drug-likeness (QED) is 0.503. The Bertz CT molecular complexity index is 561. The molecule has 1 fully saturated rings. The molecule has 0 aromatic heterocycles. The fourth-order valence-electron chi connectivity index (χ4n) is 3.01. The van der Waals surface area contributed by atoms with E-state index in [2.05, 4.69) is 5.43 Å². The number of rotatable bonds is 4. The normalized spacial score (nSPS) is 21.4. The van der Waals surface area contributed by atoms with Gasteiger partial charge in [0.25, 0.3) is 5.91 Å². The minimum atomic E-state index is -0.565. The highest BCUT2D eigenvalue weighted by Crippen LogP contribution is 2.33. The molecule has 114 valence electrons. The van der Waals surface area contributed by atoms with Crippen LogP contribution in [-0.2, 0) is 0 Å². The molecule has 1 heterocycles. The smallest absolute Gasteiger partial charge is 0.306 e. The fraction of sp³-hybridized carbons (Fsp3) is 0.500. The number of nitrogen functional groups attached to an aromatic ring is 1. The van der Waals surface area contributed by atoms with E-state index in [4.69, 9.17) is 5.84 Å². The number of nitro benzene ring substituents is 1. The molecule has 1 aliphatic heterocycles. The molecular formula is C14H20N4O3. The number of nitrogens with two attached hydrogens (primary N) is 1. The van der Waals surface area contributed by atoms with Crippen molar-refractivity contribution in [2.24, 2.45) is 5.84 Å². The van der Waals surface area contributed by atoms with Crippen molar-refractivity contribution in [1.29, 1.82) is 0 Å². The van der Waals surface area contributed by atoms with Gasteiger partial charge in [0.15, 0.2) is 0 Å². The maximum Gasteiger partial charge on any atom is 0.306 e. The number of likely N-dealkylation sites (tertiary alicyclic amines) is 1. The second-order valence-corrected chi connectivity index (χ2v) is 5.30. The zero-order valence-electron chi connectivity index (χ0n) is 12.2. The van der Waals surface area contributed by atoms with Gasteiger partial charge in [-0.25, -0.2) is 0 Å². The molecule has 2 atom stereocenters. The molecule has 7 nitrogen and oxygen atoms in total. The molecule has 1 aliphatic rings. The number of nitrogens with zero attached hydrogens (tertiary/aromatic N) is 2. The van der Waals surface area contributed by atoms with E-state index in [1.165, 1.54) is 12.1 Å². The third-order valence-corrected chi connectivity index (χ3v) is 4.10. The Labute approximate surface area is 123 Å². The minimum absolute atomic E-state index is 0.0858. The van der Waals surface area contributed by atoms with Gasteiger partial charge >= 0.3 is 5.69 Å². The molecule has 1 saturated heterocycles. The molecule has 1 amide bonds. The predicted octanol–water partition coefficient (Wildman–Crippen LogP) is 2.28. The summed E-state index contributed by atoms with van der Waals surface area (Å²) in [5.74, 6) is 5.02. The summed E-state index contributed by atoms with van der Waals surface area (Å²) >= 11 is 0. The first-order valence-electron chi connectivity index (χ1n) is 7.07. The van der Waals surface area contributed by atoms with E-state index in [1.54, 1.807) is 11.0 Å². The van der Waals surface area contributed by atoms with Crippen LogP contribution >= 0.6 is 0 Å². The number of hydrazine groups is 1. The van der Waals surface area contributed by atoms with Crippen molar-refractivity contribution in [2.75, 3.05) is 5.43 Å². The molecule has 0 spiro atoms. The lowest BCUT2D eigenvalue weighted by molar-refractivity contribution is -0.384. The Kier molecular flexibility index (Phi) is 4.42. The monoisotopic (exact) mass is 292 g/mol. The summed E-state index contributed by atoms with van der Waals surface area (Å²) in [6.45, 7) is 4.00. The SMILES string of the molecule is CCC1CCC(C)N1C(=O)c1cccc(NN)c1[N+](=O)[O-]. The van der Waals surface area contributed by atoms with Crippen LogP contribution in [0.4, 0.5) is 11.4 Å². The van der Waals surface area contributed by atoms with Crippen molar-refractivity contribution in [1.82, 2.24) is 4.90 Å². The van der Waals surface area contributed by atoms with Gasteiger partial charge in [0.05, 0.1) is 4.92 Å². The van der Waals surface area contributed by atoms with E-state index in [-0.39, 0.29) is 34.9 Å². The fourth-order valence-corrected chi connectivity index (χ4v) is 3.01. The summed E-state index contributed by atoms with van der Waals surface area (Å²) in [4.78, 5) is 25.3. The number of para-hydroxylation sites is 1. The van der Waals surface area contributed by atoms with E-state index in [0.717, 1.165) is 19.3 Å². The van der Waals surface area contributed by atoms with Crippen molar-refractivity contribution in [2.45, 2.75) is 45.2 Å². The maximum absolute atomic E-state index is 12.8. The number of anilines is 1. The van der Waals surface area contributed by atoms with Crippen molar-refractivity contribution in [3.05, 3.63) is 33.9 Å². The van der Waals surface area contributed by atoms with Gasteiger partial charge in [0, 0.05) is 12.1 Å². The van der Waals surface area contributed by atoms with Gasteiger partial charge in [-0.2, -0.15) is 0 Å². The zero-order chi connectivity index (χ0) is 15.6. The molecule has 1 aromatic carbocycles. The predicted molar refractivity (Wildman–Crippen MR) is 79.9 cm³/mol. The van der Waals surface area contributed by atoms with Gasteiger partial charge in [0.2, 0.25) is 0 Å². The van der Waals surface area contributed by atoms with Crippen LogP contribution in [0.15, 0.2) is 18.2 Å². The molecule has 0 radical (unpaired) electrons. The molecule has 2 unspecified atom stereocenters. The van der Waals surface area contributed by atoms with Gasteiger partial charge < -0.3 is 10.3 Å². The van der Waals surface area contributed by atoms with Crippen molar-refractivity contribution in [3.8, 4) is 0 Å². The molecule has 1 aromatic rings. The molecule has 7 heteroatoms. The summed E-state index contributed by atoms with van der Waals surface area (Å²) in [6.07, 6.45) is 2.71. The van der Waals surface area contributed by atoms with Crippen molar-refractivity contribution >= 4 is 17.3 Å². The number of carbonyl (C=O) groups excluding carboxylic acids is 1. The summed E-state index contributed by atoms with van der Waals surface area (Å²) in [6, 6.07) is 4.80. The zero-order valence-corrected chi connectivity index (χ0v) is 12.2. The van der Waals surface area contributed by atoms with E-state index in [9.17, 15) is 14.9 Å². The maximum atomic E-state index is 12.8. The Morgan fingerprint density at radius 2 is 2.24 bits per heavy atom. The van der Waals surface area contributed by atoms with Gasteiger partial charge in [-0.15, -0.1) is 0 Å². The van der Waals surface area contributed by atoms with E-state index >= 15 is 0 Å². The number of nitro groups is 1. The molecule has 0 bridgehead atoms. The van der Waals surface area contributed by atoms with Crippen molar-refractivity contribution in [3.63, 3.8) is 0 Å². The number of carbonyl (C=O) groups is 1. The van der Waals surface area contributed by atoms with Crippen LogP contribution in [0.3, 0.4) is 0 Å². The first-order chi connectivity index (χ1) is 10.0. The summed E-state index contributed by atoms with van der Waals surface area (Å²) in [5, 5.41) is 11.3. The van der Waals surface area contributed by atoms with E-state index in [1.807, 2.05) is 13.8 Å². The second kappa shape index (κ2) is 6.09. The molecular weight excluding hydrogens is 272 g/mol. The van der Waals surface area contributed by atoms with Gasteiger partial charge in [-0.1, -0.05) is 13.0 Å². The molecule has 21 heavy (non-hydrogen) atoms. The molecule has 0 aliphatic carbocycles. The number of hydrogen-bond acceptors (Lipinski definition) is 5. The van der Waals surface area contributed by atoms with Gasteiger partial charge in [-0.3, -0.25) is 20.8 Å². The molecule has 3 N–H and O–H groups in total. The molecule has 0 saturated carbocycles. The Morgan fingerprint density at radius 3 is 2.81 bits per heavy atom. The highest BCUT2D eigenvalue weighted by atomic mass is 16.6. The molecule has 2 rings (SSSR count). The lowest BCUT2D eigenvalue weighted by Crippen LogP contribution is -2.40. The largest absolute Gasteiger partial charge is 0.333 e. The lowest BCUT2D eigenvalue weighted by atomic mass is 10.1. The van der Waals surface area contributed by atoms with Gasteiger partial charge in [0.1, 0.15) is 11.3 Å². The van der Waals surface area contributed by atoms with Crippen LogP contribution in [0, 0.1) is 10.1 Å². The van der Waals surface area contributed by atoms with Crippen LogP contribution in [-0.4, -0.2) is 27.8 Å². The number of hydrogen-bond donors (Lipinski definition) is 2. The summed E-state index contributed by atoms with van der Waals surface area (Å²) < 4.78 is 0. The number of benzene rings is 1. The van der Waals surface area contributed by atoms with E-state index < -0.39 is 4.92 Å². The first-order valence-corrected chi connectivity index (χ1v) is 7.07. The van der Waals surface area contributed by atoms with Crippen molar-refractivity contribution < 1.29 is 9.72 Å². The average molecular weight is 292 g/mol. The summed E-state index contributed by atoms with van der Waals surface area (Å²) in [7, 11) is 0. The highest BCUT2D eigenvalue weighted by Gasteiger charge is 2.36.